The summed E-state index contributed by atoms with van der Waals surface area (Å²) < 4.78 is 23.5. The van der Waals surface area contributed by atoms with Gasteiger partial charge in [0.1, 0.15) is 13.2 Å². The van der Waals surface area contributed by atoms with Gasteiger partial charge in [0, 0.05) is 6.42 Å². The van der Waals surface area contributed by atoms with Crippen molar-refractivity contribution >= 4 is 13.7 Å². The lowest BCUT2D eigenvalue weighted by Gasteiger charge is -2.26. The Morgan fingerprint density at radius 3 is 1.30 bits per heavy atom. The monoisotopic (exact) mass is 924 g/mol. The molecule has 0 aliphatic rings. The smallest absolute Gasteiger partial charge is 0.391 e. The maximum Gasteiger partial charge on any atom is 0.472 e. The number of nitrogens with one attached hydrogen (secondary N) is 1. The van der Waals surface area contributed by atoms with Gasteiger partial charge in [-0.15, -0.1) is 0 Å². The average Bonchev–Trinajstić information content (AvgIpc) is 3.25. The van der Waals surface area contributed by atoms with Gasteiger partial charge in [-0.2, -0.15) is 0 Å². The summed E-state index contributed by atoms with van der Waals surface area (Å²) in [7, 11) is 1.62. The van der Waals surface area contributed by atoms with E-state index in [0.717, 1.165) is 64.2 Å². The van der Waals surface area contributed by atoms with Crippen molar-refractivity contribution in [3.8, 4) is 0 Å². The maximum atomic E-state index is 12.8. The molecule has 3 N–H and O–H groups in total. The summed E-state index contributed by atoms with van der Waals surface area (Å²) in [6, 6.07) is -0.754. The summed E-state index contributed by atoms with van der Waals surface area (Å²) in [6.45, 7) is 4.80. The van der Waals surface area contributed by atoms with Crippen molar-refractivity contribution in [1.82, 2.24) is 5.32 Å². The van der Waals surface area contributed by atoms with Crippen LogP contribution < -0.4 is 5.32 Å². The van der Waals surface area contributed by atoms with Crippen molar-refractivity contribution in [1.29, 1.82) is 0 Å². The van der Waals surface area contributed by atoms with E-state index in [9.17, 15) is 19.4 Å². The minimum absolute atomic E-state index is 0.0752. The number of unbranched alkanes of at least 4 members (excludes halogenated alkanes) is 31. The van der Waals surface area contributed by atoms with E-state index < -0.39 is 20.0 Å². The first kappa shape index (κ1) is 62.7. The predicted molar refractivity (Wildman–Crippen MR) is 277 cm³/mol. The van der Waals surface area contributed by atoms with Crippen molar-refractivity contribution in [3.05, 3.63) is 36.5 Å². The third-order valence-electron chi connectivity index (χ3n) is 12.4. The zero-order valence-electron chi connectivity index (χ0n) is 43.0. The van der Waals surface area contributed by atoms with Crippen molar-refractivity contribution in [2.45, 2.75) is 270 Å². The second-order valence-electron chi connectivity index (χ2n) is 20.0. The van der Waals surface area contributed by atoms with Crippen LogP contribution in [0.1, 0.15) is 258 Å². The molecule has 64 heavy (non-hydrogen) atoms. The summed E-state index contributed by atoms with van der Waals surface area (Å²) in [5.41, 5.74) is 0. The van der Waals surface area contributed by atoms with Gasteiger partial charge in [-0.05, 0) is 51.4 Å². The highest BCUT2D eigenvalue weighted by atomic mass is 31.2. The molecule has 1 amide bonds. The average molecular weight is 924 g/mol. The van der Waals surface area contributed by atoms with E-state index in [4.69, 9.17) is 9.05 Å². The van der Waals surface area contributed by atoms with Gasteiger partial charge < -0.3 is 19.8 Å². The van der Waals surface area contributed by atoms with Crippen molar-refractivity contribution in [2.24, 2.45) is 0 Å². The summed E-state index contributed by atoms with van der Waals surface area (Å²) in [4.78, 5) is 23.0. The second kappa shape index (κ2) is 46.8. The fourth-order valence-electron chi connectivity index (χ4n) is 8.05. The van der Waals surface area contributed by atoms with Crippen LogP contribution in [0.15, 0.2) is 36.5 Å². The molecule has 0 heterocycles. The standard InChI is InChI=1S/C55H107N2O6P/c1-6-8-10-12-13-14-15-16-17-18-19-20-21-22-23-24-25-26-27-28-29-30-31-32-33-34-35-36-37-38-39-40-41-42-43-45-47-49-55(59)56-53(54(58)48-46-44-11-9-7-2)52-63-64(60,61)62-51-50-57(3,4)5/h15-16,18-19,21-22,53-54,58H,6-14,17,20,23-52H2,1-5H3,(H-,56,59,60,61)/p+1/b16-15-,19-18-,22-21-. The highest BCUT2D eigenvalue weighted by Gasteiger charge is 2.28. The number of quaternary nitrogens is 1. The Morgan fingerprint density at radius 2 is 0.891 bits per heavy atom. The Balaban J connectivity index is 3.71. The third-order valence-corrected chi connectivity index (χ3v) is 13.4. The number of nitrogens with zero attached hydrogens (tertiary/aromatic N) is 1. The number of aliphatic hydroxyl groups excluding tert-OH is 1. The van der Waals surface area contributed by atoms with Gasteiger partial charge >= 0.3 is 7.82 Å². The van der Waals surface area contributed by atoms with Crippen molar-refractivity contribution in [3.63, 3.8) is 0 Å². The largest absolute Gasteiger partial charge is 0.472 e. The molecule has 0 bridgehead atoms. The number of aliphatic hydroxyl groups is 1. The number of hydrogen-bond acceptors (Lipinski definition) is 5. The molecule has 0 aliphatic heterocycles. The molecule has 0 spiro atoms. The van der Waals surface area contributed by atoms with E-state index in [1.807, 2.05) is 21.1 Å². The summed E-state index contributed by atoms with van der Waals surface area (Å²) in [5, 5.41) is 13.8. The lowest BCUT2D eigenvalue weighted by atomic mass is 10.0. The number of phosphoric ester groups is 1. The van der Waals surface area contributed by atoms with Crippen LogP contribution in [-0.2, 0) is 18.4 Å². The molecule has 8 nitrogen and oxygen atoms in total. The van der Waals surface area contributed by atoms with Crippen molar-refractivity contribution < 1.29 is 32.9 Å². The molecular formula is C55H108N2O6P+. The Hall–Kier alpha value is -1.28. The fraction of sp³-hybridized carbons (Fsp3) is 0.873. The van der Waals surface area contributed by atoms with Gasteiger partial charge in [0.05, 0.1) is 39.9 Å². The first-order chi connectivity index (χ1) is 31.0. The topological polar surface area (TPSA) is 105 Å². The molecule has 0 fully saturated rings. The fourth-order valence-corrected chi connectivity index (χ4v) is 8.79. The number of likely N-dealkylation sites (N-methyl/N-ethyl adjacent to an activating group) is 1. The molecule has 0 aliphatic carbocycles. The summed E-state index contributed by atoms with van der Waals surface area (Å²) in [5.74, 6) is -0.148. The van der Waals surface area contributed by atoms with Gasteiger partial charge in [-0.1, -0.05) is 237 Å². The molecule has 0 saturated carbocycles. The van der Waals surface area contributed by atoms with E-state index in [1.165, 1.54) is 167 Å². The number of phosphoric acid groups is 1. The minimum atomic E-state index is -4.30. The highest BCUT2D eigenvalue weighted by molar-refractivity contribution is 7.47. The van der Waals surface area contributed by atoms with Crippen molar-refractivity contribution in [2.75, 3.05) is 40.9 Å². The molecule has 3 atom stereocenters. The first-order valence-corrected chi connectivity index (χ1v) is 28.8. The molecule has 0 aromatic rings. The van der Waals surface area contributed by atoms with Gasteiger partial charge in [-0.25, -0.2) is 4.57 Å². The molecule has 9 heteroatoms. The van der Waals surface area contributed by atoms with Crippen LogP contribution in [-0.4, -0.2) is 73.4 Å². The maximum absolute atomic E-state index is 12.8. The Labute approximate surface area is 397 Å². The van der Waals surface area contributed by atoms with Crippen LogP contribution in [0.4, 0.5) is 0 Å². The number of rotatable bonds is 50. The van der Waals surface area contributed by atoms with Crippen LogP contribution >= 0.6 is 7.82 Å². The Bertz CT molecular complexity index is 1140. The number of carbonyl (C=O) groups excluding carboxylic acids is 1. The zero-order chi connectivity index (χ0) is 47.1. The number of carbonyl (C=O) groups is 1. The Morgan fingerprint density at radius 1 is 0.531 bits per heavy atom. The molecule has 3 unspecified atom stereocenters. The normalized spacial score (nSPS) is 14.3. The minimum Gasteiger partial charge on any atom is -0.391 e. The zero-order valence-corrected chi connectivity index (χ0v) is 43.9. The molecule has 0 rings (SSSR count). The quantitative estimate of drug-likeness (QED) is 0.0243. The summed E-state index contributed by atoms with van der Waals surface area (Å²) >= 11 is 0. The van der Waals surface area contributed by atoms with E-state index in [-0.39, 0.29) is 19.1 Å². The molecular weight excluding hydrogens is 816 g/mol. The number of amides is 1. The molecule has 0 aromatic heterocycles. The van der Waals surface area contributed by atoms with Gasteiger partial charge in [0.2, 0.25) is 5.91 Å². The molecule has 0 aromatic carbocycles. The number of hydrogen-bond donors (Lipinski definition) is 3. The number of allylic oxidation sites excluding steroid dienone is 6. The molecule has 0 saturated heterocycles. The van der Waals surface area contributed by atoms with E-state index in [2.05, 4.69) is 55.6 Å². The van der Waals surface area contributed by atoms with E-state index >= 15 is 0 Å². The third kappa shape index (κ3) is 48.6. The van der Waals surface area contributed by atoms with Crippen LogP contribution in [0, 0.1) is 0 Å². The van der Waals surface area contributed by atoms with Crippen LogP contribution in [0.2, 0.25) is 0 Å². The van der Waals surface area contributed by atoms with Gasteiger partial charge in [0.15, 0.2) is 0 Å². The van der Waals surface area contributed by atoms with E-state index in [1.54, 1.807) is 0 Å². The van der Waals surface area contributed by atoms with Crippen LogP contribution in [0.5, 0.6) is 0 Å². The lowest BCUT2D eigenvalue weighted by Crippen LogP contribution is -2.46. The lowest BCUT2D eigenvalue weighted by molar-refractivity contribution is -0.870. The first-order valence-electron chi connectivity index (χ1n) is 27.4. The predicted octanol–water partition coefficient (Wildman–Crippen LogP) is 16.2. The van der Waals surface area contributed by atoms with Crippen LogP contribution in [0.3, 0.4) is 0 Å². The highest BCUT2D eigenvalue weighted by Crippen LogP contribution is 2.43. The summed E-state index contributed by atoms with van der Waals surface area (Å²) in [6.07, 6.45) is 59.9. The molecule has 0 radical (unpaired) electrons. The SMILES string of the molecule is CCCCCCC/C=C\C/C=C\C/C=C\CCCCCCCCCCCCCCCCCCCCCCCCC(=O)NC(COP(=O)(O)OCC[N+](C)(C)C)C(O)CCCCCCC. The Kier molecular flexibility index (Phi) is 45.9. The second-order valence-corrected chi connectivity index (χ2v) is 21.4. The van der Waals surface area contributed by atoms with E-state index in [0.29, 0.717) is 23.9 Å². The van der Waals surface area contributed by atoms with Gasteiger partial charge in [-0.3, -0.25) is 13.8 Å². The van der Waals surface area contributed by atoms with Gasteiger partial charge in [0.25, 0.3) is 0 Å². The van der Waals surface area contributed by atoms with Crippen LogP contribution in [0.25, 0.3) is 0 Å². The molecule has 378 valence electrons.